The van der Waals surface area contributed by atoms with Crippen LogP contribution in [0.3, 0.4) is 0 Å². The monoisotopic (exact) mass is 313 g/mol. The van der Waals surface area contributed by atoms with E-state index in [1.165, 1.54) is 6.07 Å². The molecule has 0 atom stereocenters. The van der Waals surface area contributed by atoms with Crippen LogP contribution >= 0.6 is 0 Å². The Kier molecular flexibility index (Phi) is 6.36. The predicted octanol–water partition coefficient (Wildman–Crippen LogP) is 2.49. The van der Waals surface area contributed by atoms with Crippen LogP contribution in [0, 0.1) is 5.92 Å². The second kappa shape index (κ2) is 7.56. The highest BCUT2D eigenvalue weighted by atomic mass is 32.2. The lowest BCUT2D eigenvalue weighted by Crippen LogP contribution is -2.16. The lowest BCUT2D eigenvalue weighted by molar-refractivity contribution is 0.0494. The van der Waals surface area contributed by atoms with E-state index in [1.54, 1.807) is 12.1 Å². The maximum absolute atomic E-state index is 11.9. The fourth-order valence-electron chi connectivity index (χ4n) is 1.98. The summed E-state index contributed by atoms with van der Waals surface area (Å²) < 4.78 is 28.2. The lowest BCUT2D eigenvalue weighted by atomic mass is 10.1. The van der Waals surface area contributed by atoms with Gasteiger partial charge in [0.15, 0.2) is 0 Å². The average molecular weight is 313 g/mol. The molecule has 0 spiro atoms. The fourth-order valence-corrected chi connectivity index (χ4v) is 2.85. The summed E-state index contributed by atoms with van der Waals surface area (Å²) in [5.74, 6) is 0.0350. The Morgan fingerprint density at radius 3 is 2.52 bits per heavy atom. The molecule has 0 heterocycles. The highest BCUT2D eigenvalue weighted by Crippen LogP contribution is 2.18. The first-order chi connectivity index (χ1) is 9.75. The van der Waals surface area contributed by atoms with Crippen LogP contribution in [0.25, 0.3) is 0 Å². The van der Waals surface area contributed by atoms with Crippen LogP contribution in [-0.2, 0) is 21.2 Å². The van der Waals surface area contributed by atoms with Crippen molar-refractivity contribution in [3.8, 4) is 0 Å². The normalized spacial score (nSPS) is 11.7. The Hall–Kier alpha value is -1.40. The van der Waals surface area contributed by atoms with Crippen molar-refractivity contribution in [3.05, 3.63) is 29.3 Å². The molecule has 0 unspecified atom stereocenters. The molecule has 118 valence electrons. The number of hydrogen-bond donors (Lipinski definition) is 1. The standard InChI is InChI=1S/C15H23NO4S/c1-4-12-7-8-13(10-14(12)21(16,18)19)15(17)20-9-5-6-11(2)3/h7-8,10-11H,4-6,9H2,1-3H3,(H2,16,18,19). The van der Waals surface area contributed by atoms with Crippen molar-refractivity contribution >= 4 is 16.0 Å². The van der Waals surface area contributed by atoms with Gasteiger partial charge in [-0.1, -0.05) is 26.8 Å². The number of benzene rings is 1. The molecule has 0 amide bonds. The molecule has 1 aromatic carbocycles. The molecule has 1 aromatic rings. The molecule has 0 aliphatic carbocycles. The maximum Gasteiger partial charge on any atom is 0.338 e. The van der Waals surface area contributed by atoms with Crippen LogP contribution in [-0.4, -0.2) is 21.0 Å². The van der Waals surface area contributed by atoms with E-state index < -0.39 is 16.0 Å². The highest BCUT2D eigenvalue weighted by Gasteiger charge is 2.17. The zero-order valence-corrected chi connectivity index (χ0v) is 13.6. The second-order valence-corrected chi connectivity index (χ2v) is 6.92. The maximum atomic E-state index is 11.9. The van der Waals surface area contributed by atoms with Crippen molar-refractivity contribution in [1.29, 1.82) is 0 Å². The average Bonchev–Trinajstić information content (AvgIpc) is 2.41. The van der Waals surface area contributed by atoms with Crippen LogP contribution < -0.4 is 5.14 Å². The molecule has 0 saturated heterocycles. The summed E-state index contributed by atoms with van der Waals surface area (Å²) >= 11 is 0. The van der Waals surface area contributed by atoms with Gasteiger partial charge in [0.05, 0.1) is 17.1 Å². The van der Waals surface area contributed by atoms with Crippen molar-refractivity contribution in [3.63, 3.8) is 0 Å². The zero-order chi connectivity index (χ0) is 16.0. The van der Waals surface area contributed by atoms with E-state index >= 15 is 0 Å². The molecule has 0 aliphatic rings. The molecular formula is C15H23NO4S. The van der Waals surface area contributed by atoms with Crippen LogP contribution in [0.4, 0.5) is 0 Å². The third-order valence-electron chi connectivity index (χ3n) is 3.15. The second-order valence-electron chi connectivity index (χ2n) is 5.39. The third kappa shape index (κ3) is 5.47. The zero-order valence-electron chi connectivity index (χ0n) is 12.8. The predicted molar refractivity (Wildman–Crippen MR) is 81.5 cm³/mol. The number of sulfonamides is 1. The number of primary sulfonamides is 1. The topological polar surface area (TPSA) is 86.5 Å². The summed E-state index contributed by atoms with van der Waals surface area (Å²) in [7, 11) is -3.85. The first-order valence-electron chi connectivity index (χ1n) is 7.08. The summed E-state index contributed by atoms with van der Waals surface area (Å²) in [5.41, 5.74) is 0.801. The van der Waals surface area contributed by atoms with Crippen molar-refractivity contribution in [2.75, 3.05) is 6.61 Å². The molecule has 0 bridgehead atoms. The Labute approximate surface area is 126 Å². The minimum Gasteiger partial charge on any atom is -0.462 e. The van der Waals surface area contributed by atoms with Gasteiger partial charge in [0, 0.05) is 0 Å². The van der Waals surface area contributed by atoms with E-state index in [0.29, 0.717) is 24.5 Å². The van der Waals surface area contributed by atoms with Crippen LogP contribution in [0.2, 0.25) is 0 Å². The Morgan fingerprint density at radius 1 is 1.33 bits per heavy atom. The van der Waals surface area contributed by atoms with Gasteiger partial charge in [0.2, 0.25) is 10.0 Å². The molecule has 0 radical (unpaired) electrons. The Balaban J connectivity index is 2.82. The molecule has 5 nitrogen and oxygen atoms in total. The van der Waals surface area contributed by atoms with E-state index in [1.807, 2.05) is 6.92 Å². The van der Waals surface area contributed by atoms with Gasteiger partial charge in [-0.3, -0.25) is 0 Å². The van der Waals surface area contributed by atoms with Crippen LogP contribution in [0.15, 0.2) is 23.1 Å². The molecule has 21 heavy (non-hydrogen) atoms. The molecule has 0 saturated carbocycles. The molecule has 6 heteroatoms. The molecule has 2 N–H and O–H groups in total. The number of aryl methyl sites for hydroxylation is 1. The van der Waals surface area contributed by atoms with E-state index in [-0.39, 0.29) is 10.5 Å². The van der Waals surface area contributed by atoms with E-state index in [0.717, 1.165) is 12.8 Å². The highest BCUT2D eigenvalue weighted by molar-refractivity contribution is 7.89. The third-order valence-corrected chi connectivity index (χ3v) is 4.14. The van der Waals surface area contributed by atoms with Gasteiger partial charge in [-0.2, -0.15) is 0 Å². The van der Waals surface area contributed by atoms with Crippen molar-refractivity contribution < 1.29 is 17.9 Å². The summed E-state index contributed by atoms with van der Waals surface area (Å²) in [6.45, 7) is 6.36. The van der Waals surface area contributed by atoms with E-state index in [2.05, 4.69) is 13.8 Å². The molecule has 1 rings (SSSR count). The number of carbonyl (C=O) groups is 1. The van der Waals surface area contributed by atoms with Crippen LogP contribution in [0.5, 0.6) is 0 Å². The molecule has 0 fully saturated rings. The molecule has 0 aliphatic heterocycles. The van der Waals surface area contributed by atoms with Gasteiger partial charge in [0.25, 0.3) is 0 Å². The van der Waals surface area contributed by atoms with Gasteiger partial charge in [-0.05, 0) is 42.9 Å². The van der Waals surface area contributed by atoms with Gasteiger partial charge >= 0.3 is 5.97 Å². The summed E-state index contributed by atoms with van der Waals surface area (Å²) in [6, 6.07) is 4.46. The largest absolute Gasteiger partial charge is 0.462 e. The van der Waals surface area contributed by atoms with E-state index in [4.69, 9.17) is 9.88 Å². The van der Waals surface area contributed by atoms with Crippen molar-refractivity contribution in [1.82, 2.24) is 0 Å². The van der Waals surface area contributed by atoms with Gasteiger partial charge < -0.3 is 4.74 Å². The van der Waals surface area contributed by atoms with Gasteiger partial charge in [-0.25, -0.2) is 18.4 Å². The van der Waals surface area contributed by atoms with Crippen LogP contribution in [0.1, 0.15) is 49.5 Å². The van der Waals surface area contributed by atoms with Gasteiger partial charge in [-0.15, -0.1) is 0 Å². The number of hydrogen-bond acceptors (Lipinski definition) is 4. The first-order valence-corrected chi connectivity index (χ1v) is 8.63. The summed E-state index contributed by atoms with van der Waals surface area (Å²) in [6.07, 6.45) is 2.29. The number of carbonyl (C=O) groups excluding carboxylic acids is 1. The number of ether oxygens (including phenoxy) is 1. The summed E-state index contributed by atoms with van der Waals surface area (Å²) in [4.78, 5) is 11.9. The number of esters is 1. The number of nitrogens with two attached hydrogens (primary N) is 1. The number of rotatable bonds is 7. The molecule has 0 aromatic heterocycles. The fraction of sp³-hybridized carbons (Fsp3) is 0.533. The lowest BCUT2D eigenvalue weighted by Gasteiger charge is -2.09. The quantitative estimate of drug-likeness (QED) is 0.619. The van der Waals surface area contributed by atoms with Crippen molar-refractivity contribution in [2.45, 2.75) is 44.9 Å². The smallest absolute Gasteiger partial charge is 0.338 e. The SMILES string of the molecule is CCc1ccc(C(=O)OCCCC(C)C)cc1S(N)(=O)=O. The van der Waals surface area contributed by atoms with Crippen molar-refractivity contribution in [2.24, 2.45) is 11.1 Å². The van der Waals surface area contributed by atoms with Gasteiger partial charge in [0.1, 0.15) is 0 Å². The van der Waals surface area contributed by atoms with E-state index in [9.17, 15) is 13.2 Å². The first kappa shape index (κ1) is 17.7. The minimum atomic E-state index is -3.85. The Bertz CT molecular complexity index is 594. The summed E-state index contributed by atoms with van der Waals surface area (Å²) in [5, 5.41) is 5.18. The Morgan fingerprint density at radius 2 is 2.00 bits per heavy atom. The molecular weight excluding hydrogens is 290 g/mol. The minimum absolute atomic E-state index is 0.0124.